The van der Waals surface area contributed by atoms with E-state index in [0.717, 1.165) is 12.8 Å². The summed E-state index contributed by atoms with van der Waals surface area (Å²) in [4.78, 5) is 56.7. The average molecular weight is 423 g/mol. The van der Waals surface area contributed by atoms with E-state index in [9.17, 15) is 33.3 Å². The van der Waals surface area contributed by atoms with Crippen molar-refractivity contribution in [3.05, 3.63) is 0 Å². The molecule has 1 fully saturated rings. The molecule has 150 valence electrons. The highest BCUT2D eigenvalue weighted by Gasteiger charge is 2.39. The smallest absolute Gasteiger partial charge is 0.324 e. The van der Waals surface area contributed by atoms with Crippen molar-refractivity contribution < 1.29 is 43.1 Å². The summed E-state index contributed by atoms with van der Waals surface area (Å²) in [5, 5.41) is 0. The largest absolute Gasteiger partial charge is 0.339 e. The minimum Gasteiger partial charge on any atom is -0.324 e. The minimum atomic E-state index is -4.45. The van der Waals surface area contributed by atoms with Crippen LogP contribution in [-0.2, 0) is 13.7 Å². The first-order valence-corrected chi connectivity index (χ1v) is 13.4. The van der Waals surface area contributed by atoms with E-state index in [4.69, 9.17) is 9.79 Å². The van der Waals surface area contributed by atoms with E-state index in [1.54, 1.807) is 7.05 Å². The Morgan fingerprint density at radius 2 is 1.36 bits per heavy atom. The third-order valence-electron chi connectivity index (χ3n) is 4.49. The summed E-state index contributed by atoms with van der Waals surface area (Å²) in [6, 6.07) is 0. The van der Waals surface area contributed by atoms with Gasteiger partial charge in [-0.25, -0.2) is 0 Å². The minimum absolute atomic E-state index is 0.131. The van der Waals surface area contributed by atoms with E-state index >= 15 is 0 Å². The summed E-state index contributed by atoms with van der Waals surface area (Å²) in [7, 11) is -11.6. The zero-order valence-corrected chi connectivity index (χ0v) is 16.8. The lowest BCUT2D eigenvalue weighted by molar-refractivity contribution is 0.136. The van der Waals surface area contributed by atoms with Gasteiger partial charge < -0.3 is 29.4 Å². The second-order valence-corrected chi connectivity index (χ2v) is 12.0. The molecule has 0 radical (unpaired) electrons. The van der Waals surface area contributed by atoms with Gasteiger partial charge in [0.25, 0.3) is 0 Å². The van der Waals surface area contributed by atoms with Crippen molar-refractivity contribution in [2.24, 2.45) is 17.8 Å². The molecule has 25 heavy (non-hydrogen) atoms. The van der Waals surface area contributed by atoms with E-state index in [1.807, 2.05) is 0 Å². The molecule has 0 amide bonds. The molecule has 0 aromatic carbocycles. The third-order valence-corrected chi connectivity index (χ3v) is 7.23. The Bertz CT molecular complexity index is 544. The molecule has 1 aliphatic rings. The Morgan fingerprint density at radius 1 is 0.880 bits per heavy atom. The standard InChI is InChI=1S/C12H28NO9P3/c1-13(9-25(20,21)22)6-10-4-2-3-5-12(10)11(7-23(14,15)16)8-24(17,18)19/h10-12H,2-9H2,1H3,(H2,14,15,16)(H2,17,18,19)(H2,20,21,22). The quantitative estimate of drug-likeness (QED) is 0.291. The van der Waals surface area contributed by atoms with Crippen LogP contribution >= 0.6 is 22.8 Å². The molecule has 1 saturated carbocycles. The Kier molecular flexibility index (Phi) is 8.50. The van der Waals surface area contributed by atoms with Crippen LogP contribution in [0.15, 0.2) is 0 Å². The number of nitrogens with zero attached hydrogens (tertiary/aromatic N) is 1. The van der Waals surface area contributed by atoms with Gasteiger partial charge in [0.2, 0.25) is 0 Å². The molecule has 0 saturated heterocycles. The van der Waals surface area contributed by atoms with Gasteiger partial charge in [-0.1, -0.05) is 12.8 Å². The van der Waals surface area contributed by atoms with Crippen molar-refractivity contribution in [2.45, 2.75) is 25.7 Å². The van der Waals surface area contributed by atoms with Crippen LogP contribution in [0.5, 0.6) is 0 Å². The molecule has 0 heterocycles. The molecule has 6 N–H and O–H groups in total. The van der Waals surface area contributed by atoms with Crippen LogP contribution < -0.4 is 0 Å². The zero-order chi connectivity index (χ0) is 19.5. The normalized spacial score (nSPS) is 23.4. The highest BCUT2D eigenvalue weighted by atomic mass is 31.2. The maximum absolute atomic E-state index is 11.4. The van der Waals surface area contributed by atoms with Crippen LogP contribution in [0, 0.1) is 17.8 Å². The highest BCUT2D eigenvalue weighted by molar-refractivity contribution is 7.53. The van der Waals surface area contributed by atoms with Crippen molar-refractivity contribution in [3.8, 4) is 0 Å². The summed E-state index contributed by atoms with van der Waals surface area (Å²) in [5.74, 6) is -1.28. The first kappa shape index (κ1) is 23.4. The zero-order valence-electron chi connectivity index (χ0n) is 14.1. The van der Waals surface area contributed by atoms with Gasteiger partial charge in [0.15, 0.2) is 0 Å². The molecule has 1 aliphatic carbocycles. The second kappa shape index (κ2) is 9.07. The van der Waals surface area contributed by atoms with E-state index in [1.165, 1.54) is 4.90 Å². The van der Waals surface area contributed by atoms with E-state index in [-0.39, 0.29) is 11.8 Å². The number of rotatable bonds is 9. The molecule has 0 aromatic heterocycles. The van der Waals surface area contributed by atoms with Crippen molar-refractivity contribution in [3.63, 3.8) is 0 Å². The first-order valence-electron chi connectivity index (χ1n) is 7.98. The molecule has 0 aromatic rings. The van der Waals surface area contributed by atoms with Crippen molar-refractivity contribution in [2.75, 3.05) is 32.2 Å². The maximum atomic E-state index is 11.4. The van der Waals surface area contributed by atoms with Crippen LogP contribution in [0.4, 0.5) is 0 Å². The fourth-order valence-electron chi connectivity index (χ4n) is 3.80. The van der Waals surface area contributed by atoms with Crippen molar-refractivity contribution in [1.82, 2.24) is 4.90 Å². The third kappa shape index (κ3) is 10.4. The summed E-state index contributed by atoms with van der Waals surface area (Å²) in [6.45, 7) is 0.300. The molecule has 1 rings (SSSR count). The fourth-order valence-corrected chi connectivity index (χ4v) is 6.77. The molecule has 0 aliphatic heterocycles. The van der Waals surface area contributed by atoms with Gasteiger partial charge in [-0.15, -0.1) is 0 Å². The van der Waals surface area contributed by atoms with Crippen molar-refractivity contribution >= 4 is 22.8 Å². The summed E-state index contributed by atoms with van der Waals surface area (Å²) >= 11 is 0. The van der Waals surface area contributed by atoms with Crippen LogP contribution in [0.25, 0.3) is 0 Å². The monoisotopic (exact) mass is 423 g/mol. The molecule has 10 nitrogen and oxygen atoms in total. The van der Waals surface area contributed by atoms with E-state index < -0.39 is 47.3 Å². The molecule has 0 spiro atoms. The SMILES string of the molecule is CN(CC1CCCCC1C(CP(=O)(O)O)CP(=O)(O)O)CP(=O)(O)O. The maximum Gasteiger partial charge on any atom is 0.339 e. The summed E-state index contributed by atoms with van der Waals surface area (Å²) < 4.78 is 34.0. The van der Waals surface area contributed by atoms with Gasteiger partial charge in [-0.05, 0) is 37.6 Å². The molecular formula is C12H28NO9P3. The van der Waals surface area contributed by atoms with Crippen LogP contribution in [0.1, 0.15) is 25.7 Å². The topological polar surface area (TPSA) is 176 Å². The first-order chi connectivity index (χ1) is 11.2. The van der Waals surface area contributed by atoms with Gasteiger partial charge in [-0.2, -0.15) is 0 Å². The van der Waals surface area contributed by atoms with Crippen LogP contribution in [-0.4, -0.2) is 66.5 Å². The molecule has 13 heteroatoms. The number of hydrogen-bond acceptors (Lipinski definition) is 4. The van der Waals surface area contributed by atoms with Gasteiger partial charge in [-0.3, -0.25) is 18.6 Å². The van der Waals surface area contributed by atoms with Crippen LogP contribution in [0.2, 0.25) is 0 Å². The van der Waals surface area contributed by atoms with Gasteiger partial charge in [0.1, 0.15) is 6.29 Å². The average Bonchev–Trinajstić information content (AvgIpc) is 2.32. The number of hydrogen-bond donors (Lipinski definition) is 6. The molecule has 2 unspecified atom stereocenters. The predicted octanol–water partition coefficient (Wildman–Crippen LogP) is 0.831. The van der Waals surface area contributed by atoms with Gasteiger partial charge in [0.05, 0.1) is 12.3 Å². The van der Waals surface area contributed by atoms with Crippen LogP contribution in [0.3, 0.4) is 0 Å². The van der Waals surface area contributed by atoms with Crippen molar-refractivity contribution in [1.29, 1.82) is 0 Å². The lowest BCUT2D eigenvalue weighted by Gasteiger charge is -2.39. The molecular weight excluding hydrogens is 395 g/mol. The Hall–Kier alpha value is 0.410. The van der Waals surface area contributed by atoms with E-state index in [2.05, 4.69) is 0 Å². The highest BCUT2D eigenvalue weighted by Crippen LogP contribution is 2.49. The predicted molar refractivity (Wildman–Crippen MR) is 92.3 cm³/mol. The Balaban J connectivity index is 2.93. The Morgan fingerprint density at radius 3 is 1.80 bits per heavy atom. The summed E-state index contributed by atoms with van der Waals surface area (Å²) in [5.41, 5.74) is 0. The lowest BCUT2D eigenvalue weighted by atomic mass is 9.73. The molecule has 2 atom stereocenters. The van der Waals surface area contributed by atoms with Gasteiger partial charge >= 0.3 is 22.8 Å². The fraction of sp³-hybridized carbons (Fsp3) is 1.00. The van der Waals surface area contributed by atoms with E-state index in [0.29, 0.717) is 19.4 Å². The Labute approximate surface area is 147 Å². The summed E-state index contributed by atoms with van der Waals surface area (Å²) in [6.07, 6.45) is 1.31. The second-order valence-electron chi connectivity index (χ2n) is 7.01. The lowest BCUT2D eigenvalue weighted by Crippen LogP contribution is -2.38. The van der Waals surface area contributed by atoms with Gasteiger partial charge in [0, 0.05) is 6.54 Å². The molecule has 0 bridgehead atoms.